The minimum atomic E-state index is -0.305. The minimum absolute atomic E-state index is 0.0531. The Balaban J connectivity index is 1.97. The van der Waals surface area contributed by atoms with Crippen LogP contribution in [0.5, 0.6) is 0 Å². The summed E-state index contributed by atoms with van der Waals surface area (Å²) in [6.07, 6.45) is 9.41. The first-order valence-corrected chi connectivity index (χ1v) is 6.69. The number of aromatic nitrogens is 1. The number of hydrogen-bond donors (Lipinski definition) is 2. The highest BCUT2D eigenvalue weighted by Crippen LogP contribution is 2.19. The Morgan fingerprint density at radius 3 is 2.78 bits per heavy atom. The van der Waals surface area contributed by atoms with Crippen molar-refractivity contribution in [1.29, 1.82) is 0 Å². The Morgan fingerprint density at radius 2 is 2.17 bits per heavy atom. The molecule has 1 aliphatic rings. The number of pyridine rings is 1. The topological polar surface area (TPSA) is 54.0 Å². The average molecular weight is 247 g/mol. The third-order valence-corrected chi connectivity index (χ3v) is 3.52. The van der Waals surface area contributed by atoms with Crippen LogP contribution in [0.25, 0.3) is 0 Å². The fraction of sp³-hybridized carbons (Fsp3) is 0.571. The summed E-state index contributed by atoms with van der Waals surface area (Å²) >= 11 is 0. The normalized spacial score (nSPS) is 18.3. The van der Waals surface area contributed by atoms with E-state index < -0.39 is 0 Å². The van der Waals surface area contributed by atoms with Gasteiger partial charge in [0.05, 0.1) is 0 Å². The molecule has 1 aliphatic carbocycles. The van der Waals surface area contributed by atoms with E-state index in [4.69, 9.17) is 0 Å². The largest absolute Gasteiger partial charge is 0.352 e. The fourth-order valence-corrected chi connectivity index (χ4v) is 2.53. The van der Waals surface area contributed by atoms with E-state index in [2.05, 4.69) is 15.6 Å². The van der Waals surface area contributed by atoms with Gasteiger partial charge in [0.2, 0.25) is 5.91 Å². The van der Waals surface area contributed by atoms with Crippen LogP contribution in [0.1, 0.15) is 43.7 Å². The maximum atomic E-state index is 12.2. The van der Waals surface area contributed by atoms with Gasteiger partial charge in [-0.05, 0) is 31.5 Å². The Labute approximate surface area is 108 Å². The molecule has 2 rings (SSSR count). The molecule has 1 heterocycles. The zero-order valence-corrected chi connectivity index (χ0v) is 10.9. The quantitative estimate of drug-likeness (QED) is 0.853. The van der Waals surface area contributed by atoms with Crippen LogP contribution < -0.4 is 10.6 Å². The van der Waals surface area contributed by atoms with Crippen molar-refractivity contribution in [1.82, 2.24) is 15.6 Å². The Hall–Kier alpha value is -1.42. The van der Waals surface area contributed by atoms with E-state index in [1.165, 1.54) is 19.3 Å². The highest BCUT2D eigenvalue weighted by atomic mass is 16.2. The molecule has 1 aromatic rings. The molecule has 4 heteroatoms. The van der Waals surface area contributed by atoms with Crippen molar-refractivity contribution in [2.24, 2.45) is 0 Å². The highest BCUT2D eigenvalue weighted by molar-refractivity contribution is 5.83. The number of hydrogen-bond acceptors (Lipinski definition) is 3. The number of nitrogens with zero attached hydrogens (tertiary/aromatic N) is 1. The molecule has 98 valence electrons. The third-order valence-electron chi connectivity index (χ3n) is 3.52. The number of rotatable bonds is 4. The molecule has 0 aliphatic heterocycles. The van der Waals surface area contributed by atoms with E-state index in [9.17, 15) is 4.79 Å². The molecule has 18 heavy (non-hydrogen) atoms. The lowest BCUT2D eigenvalue weighted by molar-refractivity contribution is -0.124. The second kappa shape index (κ2) is 6.50. The molecule has 1 fully saturated rings. The molecule has 0 radical (unpaired) electrons. The molecule has 2 N–H and O–H groups in total. The lowest BCUT2D eigenvalue weighted by Crippen LogP contribution is -2.42. The predicted octanol–water partition coefficient (Wildman–Crippen LogP) is 1.79. The van der Waals surface area contributed by atoms with E-state index >= 15 is 0 Å². The van der Waals surface area contributed by atoms with Crippen LogP contribution in [0, 0.1) is 0 Å². The van der Waals surface area contributed by atoms with Gasteiger partial charge in [0.15, 0.2) is 0 Å². The number of carbonyl (C=O) groups excluding carboxylic acids is 1. The molecular formula is C14H21N3O. The van der Waals surface area contributed by atoms with Crippen molar-refractivity contribution < 1.29 is 4.79 Å². The minimum Gasteiger partial charge on any atom is -0.352 e. The SMILES string of the molecule is CN[C@@H](C(=O)NC1CCCCC1)c1cccnc1. The van der Waals surface area contributed by atoms with Crippen LogP contribution >= 0.6 is 0 Å². The first kappa shape index (κ1) is 13.0. The summed E-state index contributed by atoms with van der Waals surface area (Å²) in [5, 5.41) is 6.19. The van der Waals surface area contributed by atoms with Gasteiger partial charge in [-0.1, -0.05) is 25.3 Å². The van der Waals surface area contributed by atoms with Crippen LogP contribution in [0.3, 0.4) is 0 Å². The number of likely N-dealkylation sites (N-methyl/N-ethyl adjacent to an activating group) is 1. The Bertz CT molecular complexity index is 374. The van der Waals surface area contributed by atoms with Crippen LogP contribution in [-0.4, -0.2) is 24.0 Å². The van der Waals surface area contributed by atoms with E-state index in [1.54, 1.807) is 19.4 Å². The van der Waals surface area contributed by atoms with Gasteiger partial charge in [0.1, 0.15) is 6.04 Å². The summed E-state index contributed by atoms with van der Waals surface area (Å²) in [7, 11) is 1.80. The zero-order chi connectivity index (χ0) is 12.8. The first-order chi connectivity index (χ1) is 8.81. The van der Waals surface area contributed by atoms with Gasteiger partial charge >= 0.3 is 0 Å². The predicted molar refractivity (Wildman–Crippen MR) is 71.1 cm³/mol. The summed E-state index contributed by atoms with van der Waals surface area (Å²) in [6, 6.07) is 3.82. The van der Waals surface area contributed by atoms with Gasteiger partial charge in [-0.25, -0.2) is 0 Å². The molecule has 1 aromatic heterocycles. The van der Waals surface area contributed by atoms with E-state index in [0.29, 0.717) is 6.04 Å². The summed E-state index contributed by atoms with van der Waals surface area (Å²) in [6.45, 7) is 0. The third kappa shape index (κ3) is 3.29. The van der Waals surface area contributed by atoms with Crippen molar-refractivity contribution in [2.75, 3.05) is 7.05 Å². The van der Waals surface area contributed by atoms with E-state index in [0.717, 1.165) is 18.4 Å². The number of carbonyl (C=O) groups is 1. The first-order valence-electron chi connectivity index (χ1n) is 6.69. The second-order valence-electron chi connectivity index (χ2n) is 4.85. The monoisotopic (exact) mass is 247 g/mol. The molecule has 1 saturated carbocycles. The second-order valence-corrected chi connectivity index (χ2v) is 4.85. The molecule has 0 spiro atoms. The maximum Gasteiger partial charge on any atom is 0.242 e. The van der Waals surface area contributed by atoms with Gasteiger partial charge in [-0.15, -0.1) is 0 Å². The molecule has 4 nitrogen and oxygen atoms in total. The van der Waals surface area contributed by atoms with Gasteiger partial charge in [-0.3, -0.25) is 9.78 Å². The van der Waals surface area contributed by atoms with E-state index in [-0.39, 0.29) is 11.9 Å². The average Bonchev–Trinajstić information content (AvgIpc) is 2.42. The molecule has 0 saturated heterocycles. The fourth-order valence-electron chi connectivity index (χ4n) is 2.53. The smallest absolute Gasteiger partial charge is 0.242 e. The van der Waals surface area contributed by atoms with Gasteiger partial charge in [0.25, 0.3) is 0 Å². The van der Waals surface area contributed by atoms with Crippen molar-refractivity contribution in [3.05, 3.63) is 30.1 Å². The van der Waals surface area contributed by atoms with Gasteiger partial charge in [0, 0.05) is 18.4 Å². The van der Waals surface area contributed by atoms with Crippen molar-refractivity contribution in [3.8, 4) is 0 Å². The Kier molecular flexibility index (Phi) is 4.70. The zero-order valence-electron chi connectivity index (χ0n) is 10.9. The van der Waals surface area contributed by atoms with Crippen molar-refractivity contribution in [3.63, 3.8) is 0 Å². The van der Waals surface area contributed by atoms with Crippen LogP contribution in [-0.2, 0) is 4.79 Å². The molecular weight excluding hydrogens is 226 g/mol. The highest BCUT2D eigenvalue weighted by Gasteiger charge is 2.22. The van der Waals surface area contributed by atoms with Gasteiger partial charge in [-0.2, -0.15) is 0 Å². The van der Waals surface area contributed by atoms with Crippen molar-refractivity contribution >= 4 is 5.91 Å². The molecule has 1 amide bonds. The van der Waals surface area contributed by atoms with Crippen LogP contribution in [0.4, 0.5) is 0 Å². The lowest BCUT2D eigenvalue weighted by atomic mass is 9.95. The number of nitrogens with one attached hydrogen (secondary N) is 2. The lowest BCUT2D eigenvalue weighted by Gasteiger charge is -2.25. The van der Waals surface area contributed by atoms with Gasteiger partial charge < -0.3 is 10.6 Å². The summed E-state index contributed by atoms with van der Waals surface area (Å²) < 4.78 is 0. The summed E-state index contributed by atoms with van der Waals surface area (Å²) in [5.41, 5.74) is 0.910. The summed E-state index contributed by atoms with van der Waals surface area (Å²) in [5.74, 6) is 0.0531. The Morgan fingerprint density at radius 1 is 1.39 bits per heavy atom. The van der Waals surface area contributed by atoms with Crippen molar-refractivity contribution in [2.45, 2.75) is 44.2 Å². The standard InChI is InChI=1S/C14H21N3O/c1-15-13(11-6-5-9-16-10-11)14(18)17-12-7-3-2-4-8-12/h5-6,9-10,12-13,15H,2-4,7-8H2,1H3,(H,17,18)/t13-/m1/s1. The van der Waals surface area contributed by atoms with Crippen LogP contribution in [0.2, 0.25) is 0 Å². The van der Waals surface area contributed by atoms with Crippen LogP contribution in [0.15, 0.2) is 24.5 Å². The molecule has 0 unspecified atom stereocenters. The maximum absolute atomic E-state index is 12.2. The molecule has 1 atom stereocenters. The molecule has 0 bridgehead atoms. The van der Waals surface area contributed by atoms with E-state index in [1.807, 2.05) is 12.1 Å². The molecule has 0 aromatic carbocycles. The number of amides is 1. The summed E-state index contributed by atoms with van der Waals surface area (Å²) in [4.78, 5) is 16.3.